The number of hydrogen-bond donors (Lipinski definition) is 0. The highest BCUT2D eigenvalue weighted by Crippen LogP contribution is 2.15. The number of hydrogen-bond acceptors (Lipinski definition) is 14. The predicted octanol–water partition coefficient (Wildman–Crippen LogP) is 3.32. The van der Waals surface area contributed by atoms with Crippen molar-refractivity contribution in [3.63, 3.8) is 0 Å². The summed E-state index contributed by atoms with van der Waals surface area (Å²) >= 11 is 0. The van der Waals surface area contributed by atoms with Gasteiger partial charge < -0.3 is 63.5 Å². The quantitative estimate of drug-likeness (QED) is 0.0551. The molecule has 0 aromatic carbocycles. The first kappa shape index (κ1) is 55.0. The molecule has 0 unspecified atom stereocenters. The van der Waals surface area contributed by atoms with Crippen molar-refractivity contribution in [2.24, 2.45) is 0 Å². The molecule has 18 heteroatoms. The summed E-state index contributed by atoms with van der Waals surface area (Å²) in [6, 6.07) is 0.771. The molecule has 0 aliphatic carbocycles. The third kappa shape index (κ3) is 28.5. The minimum absolute atomic E-state index is 0.351. The smallest absolute Gasteiger partial charge is 0.377 e. The lowest BCUT2D eigenvalue weighted by Gasteiger charge is -2.26. The maximum Gasteiger partial charge on any atom is 0.528 e. The summed E-state index contributed by atoms with van der Waals surface area (Å²) in [6.45, 7) is 23.3. The average molecular weight is 779 g/mol. The SMILES string of the molecule is C=C(C)COCC([SiH3])(OC)OC.C=C(C)COCCC[Si](OC)(OC)OC.C=C(C)COC[Si](OC)(OC)OC.C=C[Si](OC)(OC)OC. The Hall–Kier alpha value is -0.732. The summed E-state index contributed by atoms with van der Waals surface area (Å²) in [5.74, 6) is 0. The van der Waals surface area contributed by atoms with Crippen LogP contribution in [0.15, 0.2) is 48.7 Å². The Morgan fingerprint density at radius 3 is 1.22 bits per heavy atom. The van der Waals surface area contributed by atoms with E-state index in [0.29, 0.717) is 39.3 Å². The molecule has 49 heavy (non-hydrogen) atoms. The van der Waals surface area contributed by atoms with Crippen molar-refractivity contribution in [2.75, 3.05) is 117 Å². The Morgan fingerprint density at radius 2 is 0.939 bits per heavy atom. The van der Waals surface area contributed by atoms with Crippen LogP contribution in [0.4, 0.5) is 0 Å². The molecular weight excluding hydrogens is 709 g/mol. The Bertz CT molecular complexity index is 810. The molecule has 0 spiro atoms. The van der Waals surface area contributed by atoms with Crippen LogP contribution in [-0.2, 0) is 63.5 Å². The molecule has 294 valence electrons. The summed E-state index contributed by atoms with van der Waals surface area (Å²) in [5.41, 5.74) is 4.07. The van der Waals surface area contributed by atoms with Gasteiger partial charge >= 0.3 is 26.4 Å². The largest absolute Gasteiger partial charge is 0.528 e. The molecule has 0 aromatic heterocycles. The van der Waals surface area contributed by atoms with Crippen molar-refractivity contribution in [2.45, 2.75) is 38.6 Å². The second kappa shape index (κ2) is 33.1. The highest BCUT2D eigenvalue weighted by molar-refractivity contribution is 6.66. The zero-order valence-electron chi connectivity index (χ0n) is 33.3. The van der Waals surface area contributed by atoms with Gasteiger partial charge in [-0.15, -0.1) is 0 Å². The van der Waals surface area contributed by atoms with Gasteiger partial charge in [0.25, 0.3) is 0 Å². The molecule has 14 nitrogen and oxygen atoms in total. The fourth-order valence-corrected chi connectivity index (χ4v) is 7.18. The Balaban J connectivity index is -0.000000280. The van der Waals surface area contributed by atoms with Crippen LogP contribution in [0.25, 0.3) is 0 Å². The van der Waals surface area contributed by atoms with Crippen molar-refractivity contribution < 1.29 is 63.5 Å². The van der Waals surface area contributed by atoms with Gasteiger partial charge in [-0.25, -0.2) is 0 Å². The number of methoxy groups -OCH3 is 2. The molecule has 0 atom stereocenters. The summed E-state index contributed by atoms with van der Waals surface area (Å²) in [6.07, 6.45) is 1.22. The van der Waals surface area contributed by atoms with E-state index in [1.54, 1.807) is 83.9 Å². The predicted molar refractivity (Wildman–Crippen MR) is 204 cm³/mol. The Kier molecular flexibility index (Phi) is 37.2. The standard InChI is InChI=1S/C10H22O4Si.C8H18O4Si.C8H18O3Si.C5H12O3Si/c1-10(2)9-14-7-6-8-15(11-3,12-4)13-5;1-8(2)6-12-7-13(9-3,10-4)11-5;1-7(2)5-11-6-8(12,9-3)10-4;1-5-9(6-2,7-3)8-4/h1,6-9H2,2-5H3;1,6-7H2,2-5H3;1,5-6H2,2-4,12H3;5H,1H2,2-4H3. The lowest BCUT2D eigenvalue weighted by molar-refractivity contribution is -0.174. The lowest BCUT2D eigenvalue weighted by atomic mass is 10.4. The van der Waals surface area contributed by atoms with Crippen LogP contribution in [0.1, 0.15) is 27.2 Å². The topological polar surface area (TPSA) is 129 Å². The molecule has 0 N–H and O–H groups in total. The van der Waals surface area contributed by atoms with E-state index in [1.165, 1.54) is 0 Å². The van der Waals surface area contributed by atoms with Crippen molar-refractivity contribution >= 4 is 36.7 Å². The molecule has 0 saturated carbocycles. The zero-order chi connectivity index (χ0) is 39.0. The minimum atomic E-state index is -2.55. The first-order valence-electron chi connectivity index (χ1n) is 15.3. The Morgan fingerprint density at radius 1 is 0.571 bits per heavy atom. The van der Waals surface area contributed by atoms with E-state index in [4.69, 9.17) is 63.5 Å². The summed E-state index contributed by atoms with van der Waals surface area (Å²) in [4.78, 5) is 0. The van der Waals surface area contributed by atoms with Crippen molar-refractivity contribution in [1.29, 1.82) is 0 Å². The molecule has 0 radical (unpaired) electrons. The molecule has 0 heterocycles. The van der Waals surface area contributed by atoms with Crippen LogP contribution in [0.5, 0.6) is 0 Å². The summed E-state index contributed by atoms with van der Waals surface area (Å²) < 4.78 is 72.5. The van der Waals surface area contributed by atoms with Crippen LogP contribution in [0.2, 0.25) is 6.04 Å². The molecule has 0 aromatic rings. The van der Waals surface area contributed by atoms with Crippen LogP contribution < -0.4 is 0 Å². The third-order valence-corrected chi connectivity index (χ3v) is 14.9. The second-order valence-corrected chi connectivity index (χ2v) is 20.9. The summed E-state index contributed by atoms with van der Waals surface area (Å²) in [5, 5.41) is 0. The van der Waals surface area contributed by atoms with Crippen molar-refractivity contribution in [3.05, 3.63) is 48.7 Å². The number of ether oxygens (including phenoxy) is 5. The van der Waals surface area contributed by atoms with E-state index < -0.39 is 31.8 Å². The first-order valence-corrected chi connectivity index (χ1v) is 22.0. The van der Waals surface area contributed by atoms with Crippen LogP contribution in [-0.4, -0.2) is 160 Å². The van der Waals surface area contributed by atoms with Gasteiger partial charge in [-0.3, -0.25) is 0 Å². The molecule has 0 saturated heterocycles. The van der Waals surface area contributed by atoms with E-state index in [0.717, 1.165) is 39.4 Å². The van der Waals surface area contributed by atoms with E-state index in [2.05, 4.69) is 26.3 Å². The molecule has 0 aliphatic rings. The highest BCUT2D eigenvalue weighted by Gasteiger charge is 2.38. The van der Waals surface area contributed by atoms with Crippen molar-refractivity contribution in [1.82, 2.24) is 0 Å². The molecule has 0 amide bonds. The maximum absolute atomic E-state index is 5.38. The third-order valence-electron chi connectivity index (χ3n) is 6.29. The van der Waals surface area contributed by atoms with E-state index in [9.17, 15) is 0 Å². The van der Waals surface area contributed by atoms with Gasteiger partial charge in [-0.05, 0) is 32.9 Å². The van der Waals surface area contributed by atoms with Gasteiger partial charge in [0, 0.05) is 90.9 Å². The average Bonchev–Trinajstić information content (AvgIpc) is 3.10. The zero-order valence-corrected chi connectivity index (χ0v) is 38.3. The summed E-state index contributed by atoms with van der Waals surface area (Å²) in [7, 11) is 10.8. The van der Waals surface area contributed by atoms with E-state index >= 15 is 0 Å². The van der Waals surface area contributed by atoms with Gasteiger partial charge in [0.2, 0.25) is 0 Å². The minimum Gasteiger partial charge on any atom is -0.377 e. The van der Waals surface area contributed by atoms with Gasteiger partial charge in [-0.2, -0.15) is 0 Å². The maximum atomic E-state index is 5.38. The monoisotopic (exact) mass is 778 g/mol. The van der Waals surface area contributed by atoms with E-state index in [-0.39, 0.29) is 0 Å². The van der Waals surface area contributed by atoms with Gasteiger partial charge in [0.15, 0.2) is 5.41 Å². The Labute approximate surface area is 304 Å². The van der Waals surface area contributed by atoms with Gasteiger partial charge in [0.05, 0.1) is 36.7 Å². The number of rotatable bonds is 26. The first-order chi connectivity index (χ1) is 23.0. The van der Waals surface area contributed by atoms with Crippen LogP contribution in [0, 0.1) is 0 Å². The van der Waals surface area contributed by atoms with Crippen molar-refractivity contribution in [3.8, 4) is 0 Å². The second-order valence-electron chi connectivity index (χ2n) is 10.6. The molecular formula is C31H70O14Si4. The fraction of sp³-hybridized carbons (Fsp3) is 0.742. The highest BCUT2D eigenvalue weighted by atomic mass is 28.4. The fourth-order valence-electron chi connectivity index (χ4n) is 3.08. The van der Waals surface area contributed by atoms with E-state index in [1.807, 2.05) is 20.8 Å². The molecule has 0 fully saturated rings. The molecule has 0 aliphatic heterocycles. The lowest BCUT2D eigenvalue weighted by Crippen LogP contribution is -2.48. The van der Waals surface area contributed by atoms with Gasteiger partial charge in [-0.1, -0.05) is 43.0 Å². The van der Waals surface area contributed by atoms with Crippen LogP contribution in [0.3, 0.4) is 0 Å². The van der Waals surface area contributed by atoms with Gasteiger partial charge in [0.1, 0.15) is 6.23 Å². The normalized spacial score (nSPS) is 11.7. The van der Waals surface area contributed by atoms with Crippen LogP contribution >= 0.6 is 0 Å². The molecule has 0 rings (SSSR count). The molecule has 0 bridgehead atoms.